The van der Waals surface area contributed by atoms with Gasteiger partial charge in [-0.05, 0) is 67.5 Å². The number of nitriles is 1. The number of nitrogens with zero attached hydrogens (tertiary/aromatic N) is 5. The van der Waals surface area contributed by atoms with E-state index in [0.717, 1.165) is 53.4 Å². The number of amides is 1. The van der Waals surface area contributed by atoms with Gasteiger partial charge in [0.05, 0.1) is 23.0 Å². The molecule has 7 nitrogen and oxygen atoms in total. The Morgan fingerprint density at radius 1 is 1.15 bits per heavy atom. The Morgan fingerprint density at radius 3 is 2.76 bits per heavy atom. The molecule has 0 spiro atoms. The molecular formula is C27H24N6O. The summed E-state index contributed by atoms with van der Waals surface area (Å²) in [5, 5.41) is 12.3. The highest BCUT2D eigenvalue weighted by atomic mass is 16.1. The summed E-state index contributed by atoms with van der Waals surface area (Å²) in [5.74, 6) is 0.842. The molecule has 0 saturated carbocycles. The number of carbonyl (C=O) groups excluding carboxylic acids is 1. The van der Waals surface area contributed by atoms with Gasteiger partial charge in [0.1, 0.15) is 0 Å². The van der Waals surface area contributed by atoms with Crippen molar-refractivity contribution in [2.75, 3.05) is 20.1 Å². The lowest BCUT2D eigenvalue weighted by Crippen LogP contribution is -2.36. The predicted molar refractivity (Wildman–Crippen MR) is 130 cm³/mol. The molecule has 1 N–H and O–H groups in total. The van der Waals surface area contributed by atoms with Gasteiger partial charge >= 0.3 is 0 Å². The fourth-order valence-electron chi connectivity index (χ4n) is 5.00. The van der Waals surface area contributed by atoms with Crippen LogP contribution in [0.1, 0.15) is 27.9 Å². The third kappa shape index (κ3) is 3.49. The molecule has 4 aromatic rings. The number of benzene rings is 2. The first-order valence-electron chi connectivity index (χ1n) is 11.5. The van der Waals surface area contributed by atoms with E-state index in [2.05, 4.69) is 49.7 Å². The lowest BCUT2D eigenvalue weighted by Gasteiger charge is -2.15. The third-order valence-electron chi connectivity index (χ3n) is 6.78. The Hall–Kier alpha value is -4.15. The Balaban J connectivity index is 1.36. The Labute approximate surface area is 197 Å². The van der Waals surface area contributed by atoms with Gasteiger partial charge in [-0.1, -0.05) is 12.1 Å². The van der Waals surface area contributed by atoms with Crippen molar-refractivity contribution in [3.05, 3.63) is 83.8 Å². The number of rotatable bonds is 3. The maximum Gasteiger partial charge on any atom is 0.251 e. The van der Waals surface area contributed by atoms with E-state index in [4.69, 9.17) is 5.26 Å². The fourth-order valence-corrected chi connectivity index (χ4v) is 5.00. The van der Waals surface area contributed by atoms with Gasteiger partial charge in [0.2, 0.25) is 0 Å². The van der Waals surface area contributed by atoms with Crippen LogP contribution in [0.5, 0.6) is 0 Å². The second kappa shape index (κ2) is 8.01. The van der Waals surface area contributed by atoms with Gasteiger partial charge in [-0.3, -0.25) is 9.36 Å². The van der Waals surface area contributed by atoms with Crippen molar-refractivity contribution in [3.63, 3.8) is 0 Å². The van der Waals surface area contributed by atoms with Gasteiger partial charge in [0.15, 0.2) is 5.82 Å². The van der Waals surface area contributed by atoms with E-state index in [0.29, 0.717) is 17.7 Å². The van der Waals surface area contributed by atoms with Crippen LogP contribution in [0.3, 0.4) is 0 Å². The first-order valence-corrected chi connectivity index (χ1v) is 11.5. The van der Waals surface area contributed by atoms with E-state index < -0.39 is 0 Å². The molecule has 2 aromatic heterocycles. The number of carbonyl (C=O) groups is 1. The minimum atomic E-state index is -0.0239. The highest BCUT2D eigenvalue weighted by molar-refractivity contribution is 5.95. The molecule has 4 heterocycles. The average molecular weight is 449 g/mol. The number of fused-ring (bicyclic) bond motifs is 5. The second-order valence-corrected chi connectivity index (χ2v) is 9.12. The van der Waals surface area contributed by atoms with E-state index in [9.17, 15) is 4.79 Å². The van der Waals surface area contributed by atoms with Gasteiger partial charge in [-0.25, -0.2) is 4.98 Å². The van der Waals surface area contributed by atoms with Crippen LogP contribution in [0, 0.1) is 11.3 Å². The number of imidazole rings is 1. The SMILES string of the molecule is CN1CC[C@H](NC(=O)c2ccc3c(c2)Cn2cc(-c4ccc(C#N)cc4)cc2-c2nccn2-3)C1. The summed E-state index contributed by atoms with van der Waals surface area (Å²) < 4.78 is 4.27. The summed E-state index contributed by atoms with van der Waals surface area (Å²) in [6.45, 7) is 2.54. The second-order valence-electron chi connectivity index (χ2n) is 9.12. The van der Waals surface area contributed by atoms with Crippen LogP contribution >= 0.6 is 0 Å². The smallest absolute Gasteiger partial charge is 0.251 e. The monoisotopic (exact) mass is 448 g/mol. The molecule has 2 aliphatic heterocycles. The Morgan fingerprint density at radius 2 is 2.00 bits per heavy atom. The Bertz CT molecular complexity index is 1440. The fraction of sp³-hybridized carbons (Fsp3) is 0.222. The summed E-state index contributed by atoms with van der Waals surface area (Å²) in [4.78, 5) is 19.9. The highest BCUT2D eigenvalue weighted by Crippen LogP contribution is 2.34. The van der Waals surface area contributed by atoms with Crippen LogP contribution in [-0.2, 0) is 6.54 Å². The lowest BCUT2D eigenvalue weighted by atomic mass is 10.1. The molecule has 1 atom stereocenters. The molecule has 2 aromatic carbocycles. The van der Waals surface area contributed by atoms with Gasteiger partial charge in [-0.15, -0.1) is 0 Å². The maximum atomic E-state index is 13.0. The van der Waals surface area contributed by atoms with E-state index in [-0.39, 0.29) is 11.9 Å². The average Bonchev–Trinajstić information content (AvgIpc) is 3.58. The van der Waals surface area contributed by atoms with Crippen molar-refractivity contribution in [1.82, 2.24) is 24.3 Å². The molecule has 1 fully saturated rings. The molecule has 6 rings (SSSR count). The largest absolute Gasteiger partial charge is 0.348 e. The molecule has 7 heteroatoms. The first-order chi connectivity index (χ1) is 16.6. The van der Waals surface area contributed by atoms with Crippen LogP contribution in [0.4, 0.5) is 0 Å². The number of nitrogens with one attached hydrogen (secondary N) is 1. The zero-order valence-corrected chi connectivity index (χ0v) is 18.9. The van der Waals surface area contributed by atoms with Crippen molar-refractivity contribution in [1.29, 1.82) is 5.26 Å². The minimum absolute atomic E-state index is 0.0239. The van der Waals surface area contributed by atoms with Crippen LogP contribution in [0.25, 0.3) is 28.3 Å². The normalized spacial score (nSPS) is 16.8. The first kappa shape index (κ1) is 20.5. The number of aromatic nitrogens is 3. The standard InChI is InChI=1S/C27H24N6O/c1-31-10-8-23(17-31)30-27(34)20-6-7-24-22(12-20)16-32-15-21(19-4-2-18(14-28)3-5-19)13-25(32)26-29-9-11-33(24)26/h2-7,9,11-13,15,23H,8,10,16-17H2,1H3,(H,30,34)/t23-/m0/s1. The zero-order chi connectivity index (χ0) is 23.2. The van der Waals surface area contributed by atoms with Crippen LogP contribution in [0.15, 0.2) is 67.1 Å². The van der Waals surface area contributed by atoms with Crippen molar-refractivity contribution < 1.29 is 4.79 Å². The molecule has 0 bridgehead atoms. The van der Waals surface area contributed by atoms with Crippen LogP contribution < -0.4 is 5.32 Å². The van der Waals surface area contributed by atoms with Crippen molar-refractivity contribution in [3.8, 4) is 34.4 Å². The lowest BCUT2D eigenvalue weighted by molar-refractivity contribution is 0.0938. The zero-order valence-electron chi connectivity index (χ0n) is 18.9. The van der Waals surface area contributed by atoms with Crippen molar-refractivity contribution >= 4 is 5.91 Å². The molecule has 1 amide bonds. The van der Waals surface area contributed by atoms with Crippen LogP contribution in [0.2, 0.25) is 0 Å². The van der Waals surface area contributed by atoms with E-state index in [1.807, 2.05) is 48.7 Å². The summed E-state index contributed by atoms with van der Waals surface area (Å²) in [7, 11) is 2.08. The Kier molecular flexibility index (Phi) is 4.82. The predicted octanol–water partition coefficient (Wildman–Crippen LogP) is 3.68. The van der Waals surface area contributed by atoms with E-state index in [1.54, 1.807) is 6.20 Å². The minimum Gasteiger partial charge on any atom is -0.348 e. The molecule has 1 saturated heterocycles. The summed E-state index contributed by atoms with van der Waals surface area (Å²) in [6.07, 6.45) is 6.87. The number of likely N-dealkylation sites (tertiary alicyclic amines) is 1. The van der Waals surface area contributed by atoms with Gasteiger partial charge in [0, 0.05) is 48.8 Å². The number of likely N-dealkylation sites (N-methyl/N-ethyl adjacent to an activating group) is 1. The molecule has 0 aliphatic carbocycles. The topological polar surface area (TPSA) is 78.9 Å². The molecule has 34 heavy (non-hydrogen) atoms. The van der Waals surface area contributed by atoms with Gasteiger partial charge < -0.3 is 14.8 Å². The molecule has 0 unspecified atom stereocenters. The number of hydrogen-bond donors (Lipinski definition) is 1. The van der Waals surface area contributed by atoms with Crippen molar-refractivity contribution in [2.24, 2.45) is 0 Å². The van der Waals surface area contributed by atoms with Gasteiger partial charge in [0.25, 0.3) is 5.91 Å². The van der Waals surface area contributed by atoms with Crippen molar-refractivity contribution in [2.45, 2.75) is 19.0 Å². The van der Waals surface area contributed by atoms with Gasteiger partial charge in [-0.2, -0.15) is 5.26 Å². The van der Waals surface area contributed by atoms with E-state index >= 15 is 0 Å². The molecule has 168 valence electrons. The quantitative estimate of drug-likeness (QED) is 0.457. The highest BCUT2D eigenvalue weighted by Gasteiger charge is 2.24. The maximum absolute atomic E-state index is 13.0. The summed E-state index contributed by atoms with van der Waals surface area (Å²) >= 11 is 0. The molecule has 0 radical (unpaired) electrons. The third-order valence-corrected chi connectivity index (χ3v) is 6.78. The molecule has 2 aliphatic rings. The van der Waals surface area contributed by atoms with E-state index in [1.165, 1.54) is 0 Å². The summed E-state index contributed by atoms with van der Waals surface area (Å²) in [6, 6.07) is 18.0. The molecular weight excluding hydrogens is 424 g/mol. The summed E-state index contributed by atoms with van der Waals surface area (Å²) in [5.41, 5.74) is 6.55. The number of hydrogen-bond acceptors (Lipinski definition) is 4. The van der Waals surface area contributed by atoms with Crippen LogP contribution in [-0.4, -0.2) is 51.1 Å².